The van der Waals surface area contributed by atoms with Gasteiger partial charge < -0.3 is 18.0 Å². The lowest BCUT2D eigenvalue weighted by atomic mass is 9.99. The van der Waals surface area contributed by atoms with Crippen molar-refractivity contribution in [3.8, 4) is 11.4 Å². The van der Waals surface area contributed by atoms with Crippen LogP contribution in [0.1, 0.15) is 45.7 Å². The monoisotopic (exact) mass is 724 g/mol. The van der Waals surface area contributed by atoms with Gasteiger partial charge in [-0.3, -0.25) is 0 Å². The quantitative estimate of drug-likeness (QED) is 0.160. The van der Waals surface area contributed by atoms with Crippen LogP contribution in [0.4, 0.5) is 0 Å². The molecule has 0 atom stereocenters. The number of aromatic nitrogens is 2. The third kappa shape index (κ3) is 4.99. The molecule has 270 valence electrons. The maximum atomic E-state index is 6.41. The fourth-order valence-electron chi connectivity index (χ4n) is 9.21. The molecule has 0 saturated carbocycles. The number of hydrogen-bond donors (Lipinski definition) is 0. The van der Waals surface area contributed by atoms with Gasteiger partial charge in [0.2, 0.25) is 0 Å². The summed E-state index contributed by atoms with van der Waals surface area (Å²) in [7, 11) is 0. The molecule has 1 aliphatic rings. The number of rotatable bonds is 6. The second-order valence-electron chi connectivity index (χ2n) is 15.5. The van der Waals surface area contributed by atoms with Crippen molar-refractivity contribution < 1.29 is 8.83 Å². The van der Waals surface area contributed by atoms with Crippen LogP contribution in [-0.4, -0.2) is 9.13 Å². The van der Waals surface area contributed by atoms with Crippen LogP contribution in [0.2, 0.25) is 0 Å². The van der Waals surface area contributed by atoms with Crippen LogP contribution >= 0.6 is 0 Å². The number of hydrogen-bond acceptors (Lipinski definition) is 2. The Balaban J connectivity index is 0.986. The van der Waals surface area contributed by atoms with Gasteiger partial charge in [0.1, 0.15) is 22.5 Å². The highest BCUT2D eigenvalue weighted by atomic mass is 16.3. The minimum absolute atomic E-state index is 0.727. The van der Waals surface area contributed by atoms with Crippen molar-refractivity contribution in [1.82, 2.24) is 9.13 Å². The van der Waals surface area contributed by atoms with Crippen molar-refractivity contribution in [2.24, 2.45) is 0 Å². The van der Waals surface area contributed by atoms with Gasteiger partial charge in [0.25, 0.3) is 0 Å². The lowest BCUT2D eigenvalue weighted by molar-refractivity contribution is 0.577. The molecule has 0 N–H and O–H groups in total. The van der Waals surface area contributed by atoms with Gasteiger partial charge in [0.05, 0.1) is 16.6 Å². The van der Waals surface area contributed by atoms with Crippen LogP contribution in [0.25, 0.3) is 89.1 Å². The third-order valence-corrected chi connectivity index (χ3v) is 11.9. The summed E-state index contributed by atoms with van der Waals surface area (Å²) < 4.78 is 17.6. The summed E-state index contributed by atoms with van der Waals surface area (Å²) in [6, 6.07) is 42.0. The minimum Gasteiger partial charge on any atom is -0.461 e. The topological polar surface area (TPSA) is 36.1 Å². The Kier molecular flexibility index (Phi) is 7.21. The number of aryl methyl sites for hydroxylation is 3. The van der Waals surface area contributed by atoms with Gasteiger partial charge in [-0.15, -0.1) is 0 Å². The summed E-state index contributed by atoms with van der Waals surface area (Å²) >= 11 is 0. The van der Waals surface area contributed by atoms with Crippen molar-refractivity contribution in [3.05, 3.63) is 179 Å². The number of nitrogens with zero attached hydrogens (tertiary/aromatic N) is 2. The fourth-order valence-corrected chi connectivity index (χ4v) is 9.21. The predicted octanol–water partition coefficient (Wildman–Crippen LogP) is 14.1. The maximum Gasteiger partial charge on any atom is 0.135 e. The van der Waals surface area contributed by atoms with Crippen molar-refractivity contribution in [3.63, 3.8) is 0 Å². The lowest BCUT2D eigenvalue weighted by Gasteiger charge is -2.13. The number of fused-ring (bicyclic) bond motifs is 10. The van der Waals surface area contributed by atoms with Crippen LogP contribution in [-0.2, 0) is 12.8 Å². The number of furan rings is 2. The van der Waals surface area contributed by atoms with Crippen LogP contribution in [0.5, 0.6) is 0 Å². The smallest absolute Gasteiger partial charge is 0.135 e. The molecule has 0 fully saturated rings. The molecular weight excluding hydrogens is 685 g/mol. The van der Waals surface area contributed by atoms with E-state index in [2.05, 4.69) is 170 Å². The minimum atomic E-state index is 0.727. The Hall–Kier alpha value is -6.78. The molecule has 56 heavy (non-hydrogen) atoms. The highest BCUT2D eigenvalue weighted by molar-refractivity contribution is 6.10. The van der Waals surface area contributed by atoms with Crippen LogP contribution in [0.15, 0.2) is 148 Å². The van der Waals surface area contributed by atoms with E-state index in [9.17, 15) is 0 Å². The average molecular weight is 725 g/mol. The zero-order chi connectivity index (χ0) is 37.7. The van der Waals surface area contributed by atoms with Crippen LogP contribution < -0.4 is 0 Å². The van der Waals surface area contributed by atoms with E-state index in [1.165, 1.54) is 66.3 Å². The second kappa shape index (κ2) is 12.4. The summed E-state index contributed by atoms with van der Waals surface area (Å²) in [6.07, 6.45) is 11.6. The molecule has 4 heteroatoms. The Morgan fingerprint density at radius 3 is 2.09 bits per heavy atom. The van der Waals surface area contributed by atoms with E-state index in [4.69, 9.17) is 8.83 Å². The van der Waals surface area contributed by atoms with Gasteiger partial charge in [-0.2, -0.15) is 0 Å². The van der Waals surface area contributed by atoms with Crippen molar-refractivity contribution in [1.29, 1.82) is 0 Å². The van der Waals surface area contributed by atoms with Crippen molar-refractivity contribution >= 4 is 77.8 Å². The Labute approximate surface area is 324 Å². The van der Waals surface area contributed by atoms with Crippen molar-refractivity contribution in [2.45, 2.75) is 40.0 Å². The molecule has 0 unspecified atom stereocenters. The van der Waals surface area contributed by atoms with E-state index in [0.29, 0.717) is 0 Å². The first-order valence-corrected chi connectivity index (χ1v) is 19.5. The SMILES string of the molecule is C=C/C(=C\c1c(C)oc2ccc(-n3c4ccccc4c4cc(C)ccc43)cc12)Cc1ccc2oc3ccc(-n4c5c(c6cc(C)ccc64)C=CCC5)cc3c2c1. The molecular formula is C52H40N2O2. The van der Waals surface area contributed by atoms with E-state index in [0.717, 1.165) is 74.8 Å². The summed E-state index contributed by atoms with van der Waals surface area (Å²) in [5.41, 5.74) is 17.3. The summed E-state index contributed by atoms with van der Waals surface area (Å²) in [5.74, 6) is 0.892. The number of para-hydroxylation sites is 1. The third-order valence-electron chi connectivity index (χ3n) is 11.9. The van der Waals surface area contributed by atoms with E-state index in [1.807, 2.05) is 6.08 Å². The molecule has 1 aliphatic carbocycles. The van der Waals surface area contributed by atoms with E-state index in [1.54, 1.807) is 0 Å². The first kappa shape index (κ1) is 32.6. The highest BCUT2D eigenvalue weighted by Gasteiger charge is 2.20. The molecule has 0 aliphatic heterocycles. The molecule has 4 heterocycles. The second-order valence-corrected chi connectivity index (χ2v) is 15.5. The molecule has 6 aromatic carbocycles. The zero-order valence-corrected chi connectivity index (χ0v) is 31.8. The first-order chi connectivity index (χ1) is 27.4. The largest absolute Gasteiger partial charge is 0.461 e. The zero-order valence-electron chi connectivity index (χ0n) is 31.8. The number of allylic oxidation sites excluding steroid dienone is 3. The molecule has 0 amide bonds. The maximum absolute atomic E-state index is 6.41. The summed E-state index contributed by atoms with van der Waals surface area (Å²) in [6.45, 7) is 10.6. The van der Waals surface area contributed by atoms with Gasteiger partial charge in [-0.1, -0.05) is 72.3 Å². The standard InChI is InChI=1S/C52H40N2O2/c1-5-34(27-40-33(4)55-50-22-17-36(29-44(40)50)53-46-12-8-6-10-38(46)41-24-31(2)14-19-48(41)53)26-35-16-21-51-43(28-35)45-30-37(18-23-52(45)56-51)54-47-13-9-7-11-39(47)42-25-32(3)15-20-49(42)54/h5-8,10-12,14-25,27-30H,1,9,13,26H2,2-4H3/b34-27+. The van der Waals surface area contributed by atoms with Gasteiger partial charge in [0.15, 0.2) is 0 Å². The normalized spacial score (nSPS) is 13.3. The number of benzene rings is 6. The van der Waals surface area contributed by atoms with E-state index in [-0.39, 0.29) is 0 Å². The molecule has 0 spiro atoms. The van der Waals surface area contributed by atoms with Gasteiger partial charge >= 0.3 is 0 Å². The summed E-state index contributed by atoms with van der Waals surface area (Å²) in [5, 5.41) is 7.18. The van der Waals surface area contributed by atoms with Gasteiger partial charge in [0, 0.05) is 60.5 Å². The molecule has 4 aromatic heterocycles. The molecule has 0 saturated heterocycles. The molecule has 0 radical (unpaired) electrons. The van der Waals surface area contributed by atoms with E-state index < -0.39 is 0 Å². The predicted molar refractivity (Wildman–Crippen MR) is 235 cm³/mol. The van der Waals surface area contributed by atoms with Crippen LogP contribution in [0, 0.1) is 20.8 Å². The molecule has 0 bridgehead atoms. The van der Waals surface area contributed by atoms with Crippen LogP contribution in [0.3, 0.4) is 0 Å². The molecule has 11 rings (SSSR count). The Morgan fingerprint density at radius 1 is 0.625 bits per heavy atom. The highest BCUT2D eigenvalue weighted by Crippen LogP contribution is 2.39. The Morgan fingerprint density at radius 2 is 1.29 bits per heavy atom. The van der Waals surface area contributed by atoms with E-state index >= 15 is 0 Å². The van der Waals surface area contributed by atoms with Gasteiger partial charge in [-0.05, 0) is 136 Å². The van der Waals surface area contributed by atoms with Crippen molar-refractivity contribution in [2.75, 3.05) is 0 Å². The lowest BCUT2D eigenvalue weighted by Crippen LogP contribution is -2.02. The summed E-state index contributed by atoms with van der Waals surface area (Å²) in [4.78, 5) is 0. The fraction of sp³-hybridized carbons (Fsp3) is 0.115. The average Bonchev–Trinajstić information content (AvgIpc) is 3.94. The first-order valence-electron chi connectivity index (χ1n) is 19.5. The van der Waals surface area contributed by atoms with Gasteiger partial charge in [-0.25, -0.2) is 0 Å². The Bertz CT molecular complexity index is 3330. The molecule has 10 aromatic rings. The molecule has 4 nitrogen and oxygen atoms in total.